The highest BCUT2D eigenvalue weighted by atomic mass is 16.5. The van der Waals surface area contributed by atoms with Gasteiger partial charge >= 0.3 is 0 Å². The van der Waals surface area contributed by atoms with Gasteiger partial charge in [0, 0.05) is 20.3 Å². The van der Waals surface area contributed by atoms with Gasteiger partial charge in [-0.1, -0.05) is 6.07 Å². The van der Waals surface area contributed by atoms with E-state index in [1.54, 1.807) is 43.3 Å². The van der Waals surface area contributed by atoms with Crippen LogP contribution in [-0.4, -0.2) is 30.4 Å². The van der Waals surface area contributed by atoms with Crippen molar-refractivity contribution >= 4 is 10.9 Å². The molecule has 1 aromatic heterocycles. The van der Waals surface area contributed by atoms with Crippen LogP contribution < -0.4 is 10.3 Å². The molecule has 0 fully saturated rings. The normalized spacial score (nSPS) is 10.8. The molecule has 0 aliphatic rings. The molecule has 2 aromatic rings. The highest BCUT2D eigenvalue weighted by molar-refractivity contribution is 5.83. The minimum atomic E-state index is -0.0463. The van der Waals surface area contributed by atoms with Gasteiger partial charge in [-0.15, -0.1) is 0 Å². The molecule has 0 amide bonds. The molecule has 0 N–H and O–H groups in total. The van der Waals surface area contributed by atoms with Crippen molar-refractivity contribution in [3.63, 3.8) is 0 Å². The molecular formula is C13H16N2O3. The van der Waals surface area contributed by atoms with Gasteiger partial charge in [-0.05, 0) is 18.6 Å². The fourth-order valence-corrected chi connectivity index (χ4v) is 1.87. The van der Waals surface area contributed by atoms with E-state index in [1.807, 2.05) is 0 Å². The Kier molecular flexibility index (Phi) is 3.94. The number of fused-ring (bicyclic) bond motifs is 1. The summed E-state index contributed by atoms with van der Waals surface area (Å²) >= 11 is 0. The topological polar surface area (TPSA) is 53.4 Å². The first-order valence-corrected chi connectivity index (χ1v) is 5.79. The molecule has 0 radical (unpaired) electrons. The minimum absolute atomic E-state index is 0.0463. The number of rotatable bonds is 5. The zero-order valence-electron chi connectivity index (χ0n) is 10.5. The maximum Gasteiger partial charge on any atom is 0.261 e. The number of benzene rings is 1. The van der Waals surface area contributed by atoms with Crippen LogP contribution in [0, 0.1) is 0 Å². The van der Waals surface area contributed by atoms with Gasteiger partial charge in [-0.2, -0.15) is 0 Å². The lowest BCUT2D eigenvalue weighted by atomic mass is 10.2. The third kappa shape index (κ3) is 2.36. The van der Waals surface area contributed by atoms with E-state index in [9.17, 15) is 4.79 Å². The van der Waals surface area contributed by atoms with Gasteiger partial charge in [-0.25, -0.2) is 4.98 Å². The highest BCUT2D eigenvalue weighted by Crippen LogP contribution is 2.19. The highest BCUT2D eigenvalue weighted by Gasteiger charge is 2.07. The number of hydrogen-bond donors (Lipinski definition) is 0. The SMILES string of the molecule is COCCCn1cnc2c(OC)cccc2c1=O. The molecule has 0 unspecified atom stereocenters. The first-order valence-electron chi connectivity index (χ1n) is 5.79. The van der Waals surface area contributed by atoms with Gasteiger partial charge in [-0.3, -0.25) is 9.36 Å². The van der Waals surface area contributed by atoms with E-state index in [-0.39, 0.29) is 5.56 Å². The van der Waals surface area contributed by atoms with Crippen molar-refractivity contribution in [1.82, 2.24) is 9.55 Å². The molecule has 0 atom stereocenters. The molecule has 0 spiro atoms. The predicted octanol–water partition coefficient (Wildman–Crippen LogP) is 1.44. The molecule has 1 heterocycles. The first kappa shape index (κ1) is 12.6. The zero-order chi connectivity index (χ0) is 13.0. The molecule has 0 saturated heterocycles. The second-order valence-electron chi connectivity index (χ2n) is 3.95. The number of aryl methyl sites for hydroxylation is 1. The summed E-state index contributed by atoms with van der Waals surface area (Å²) in [5.74, 6) is 0.619. The quantitative estimate of drug-likeness (QED) is 0.751. The van der Waals surface area contributed by atoms with Gasteiger partial charge in [0.15, 0.2) is 0 Å². The summed E-state index contributed by atoms with van der Waals surface area (Å²) in [7, 11) is 3.22. The van der Waals surface area contributed by atoms with Crippen LogP contribution in [0.25, 0.3) is 10.9 Å². The summed E-state index contributed by atoms with van der Waals surface area (Å²) in [6, 6.07) is 5.35. The molecule has 0 bridgehead atoms. The summed E-state index contributed by atoms with van der Waals surface area (Å²) in [6.45, 7) is 1.23. The predicted molar refractivity (Wildman–Crippen MR) is 69.0 cm³/mol. The molecule has 2 rings (SSSR count). The summed E-state index contributed by atoms with van der Waals surface area (Å²) in [5.41, 5.74) is 0.558. The van der Waals surface area contributed by atoms with E-state index in [4.69, 9.17) is 9.47 Å². The second-order valence-corrected chi connectivity index (χ2v) is 3.95. The van der Waals surface area contributed by atoms with Crippen molar-refractivity contribution in [3.05, 3.63) is 34.9 Å². The smallest absolute Gasteiger partial charge is 0.261 e. The number of nitrogens with zero attached hydrogens (tertiary/aromatic N) is 2. The summed E-state index contributed by atoms with van der Waals surface area (Å²) in [5, 5.41) is 0.578. The number of methoxy groups -OCH3 is 2. The van der Waals surface area contributed by atoms with Gasteiger partial charge in [0.1, 0.15) is 11.3 Å². The molecule has 0 aliphatic heterocycles. The molecular weight excluding hydrogens is 232 g/mol. The molecule has 5 heteroatoms. The van der Waals surface area contributed by atoms with Crippen LogP contribution in [-0.2, 0) is 11.3 Å². The van der Waals surface area contributed by atoms with Crippen LogP contribution in [0.1, 0.15) is 6.42 Å². The lowest BCUT2D eigenvalue weighted by Gasteiger charge is -2.08. The van der Waals surface area contributed by atoms with E-state index in [1.165, 1.54) is 0 Å². The Morgan fingerprint density at radius 3 is 2.89 bits per heavy atom. The molecule has 0 saturated carbocycles. The fraction of sp³-hybridized carbons (Fsp3) is 0.385. The Balaban J connectivity index is 2.42. The van der Waals surface area contributed by atoms with Crippen LogP contribution in [0.5, 0.6) is 5.75 Å². The molecule has 18 heavy (non-hydrogen) atoms. The van der Waals surface area contributed by atoms with Crippen LogP contribution in [0.3, 0.4) is 0 Å². The van der Waals surface area contributed by atoms with Crippen molar-refractivity contribution in [1.29, 1.82) is 0 Å². The second kappa shape index (κ2) is 5.64. The average molecular weight is 248 g/mol. The molecule has 5 nitrogen and oxygen atoms in total. The summed E-state index contributed by atoms with van der Waals surface area (Å²) < 4.78 is 11.8. The maximum atomic E-state index is 12.2. The van der Waals surface area contributed by atoms with Gasteiger partial charge in [0.25, 0.3) is 5.56 Å². The van der Waals surface area contributed by atoms with Crippen LogP contribution >= 0.6 is 0 Å². The third-order valence-electron chi connectivity index (χ3n) is 2.78. The van der Waals surface area contributed by atoms with Gasteiger partial charge in [0.05, 0.1) is 18.8 Å². The van der Waals surface area contributed by atoms with E-state index >= 15 is 0 Å². The number of hydrogen-bond acceptors (Lipinski definition) is 4. The summed E-state index contributed by atoms with van der Waals surface area (Å²) in [4.78, 5) is 16.5. The molecule has 0 aliphatic carbocycles. The van der Waals surface area contributed by atoms with E-state index in [0.29, 0.717) is 29.8 Å². The monoisotopic (exact) mass is 248 g/mol. The Morgan fingerprint density at radius 2 is 2.17 bits per heavy atom. The lowest BCUT2D eigenvalue weighted by Crippen LogP contribution is -2.21. The van der Waals surface area contributed by atoms with Gasteiger partial charge < -0.3 is 9.47 Å². The number of aromatic nitrogens is 2. The Hall–Kier alpha value is -1.88. The number of ether oxygens (including phenoxy) is 2. The van der Waals surface area contributed by atoms with Crippen molar-refractivity contribution in [2.75, 3.05) is 20.8 Å². The standard InChI is InChI=1S/C13H16N2O3/c1-17-8-4-7-15-9-14-12-10(13(15)16)5-3-6-11(12)18-2/h3,5-6,9H,4,7-8H2,1-2H3. The maximum absolute atomic E-state index is 12.2. The van der Waals surface area contributed by atoms with E-state index in [0.717, 1.165) is 6.42 Å². The average Bonchev–Trinajstić information content (AvgIpc) is 2.41. The third-order valence-corrected chi connectivity index (χ3v) is 2.78. The van der Waals surface area contributed by atoms with Crippen LogP contribution in [0.15, 0.2) is 29.3 Å². The fourth-order valence-electron chi connectivity index (χ4n) is 1.87. The Labute approximate surface area is 105 Å². The van der Waals surface area contributed by atoms with Crippen LogP contribution in [0.2, 0.25) is 0 Å². The van der Waals surface area contributed by atoms with E-state index < -0.39 is 0 Å². The largest absolute Gasteiger partial charge is 0.494 e. The van der Waals surface area contributed by atoms with Crippen molar-refractivity contribution < 1.29 is 9.47 Å². The van der Waals surface area contributed by atoms with Crippen molar-refractivity contribution in [3.8, 4) is 5.75 Å². The zero-order valence-corrected chi connectivity index (χ0v) is 10.5. The van der Waals surface area contributed by atoms with Crippen molar-refractivity contribution in [2.24, 2.45) is 0 Å². The van der Waals surface area contributed by atoms with Gasteiger partial charge in [0.2, 0.25) is 0 Å². The Morgan fingerprint density at radius 1 is 1.33 bits per heavy atom. The minimum Gasteiger partial charge on any atom is -0.494 e. The lowest BCUT2D eigenvalue weighted by molar-refractivity contribution is 0.190. The van der Waals surface area contributed by atoms with Crippen LogP contribution in [0.4, 0.5) is 0 Å². The van der Waals surface area contributed by atoms with E-state index in [2.05, 4.69) is 4.98 Å². The first-order chi connectivity index (χ1) is 8.77. The van der Waals surface area contributed by atoms with Crippen molar-refractivity contribution in [2.45, 2.75) is 13.0 Å². The summed E-state index contributed by atoms with van der Waals surface area (Å²) in [6.07, 6.45) is 2.34. The molecule has 1 aromatic carbocycles. The number of para-hydroxylation sites is 1. The Bertz CT molecular complexity index is 592. The molecule has 96 valence electrons.